The topological polar surface area (TPSA) is 76.1 Å². The molecule has 0 fully saturated rings. The summed E-state index contributed by atoms with van der Waals surface area (Å²) in [5, 5.41) is 8.78. The number of nitrogen functional groups attached to an aromatic ring is 1. The molecule has 72 valence electrons. The van der Waals surface area contributed by atoms with Crippen molar-refractivity contribution in [2.45, 2.75) is 0 Å². The molecule has 0 aliphatic carbocycles. The number of hydrogen-bond donors (Lipinski definition) is 1. The molecular weight excluding hydrogens is 295 g/mol. The highest BCUT2D eigenvalue weighted by molar-refractivity contribution is 14.1. The maximum absolute atomic E-state index is 11.2. The van der Waals surface area contributed by atoms with Gasteiger partial charge in [-0.25, -0.2) is 4.79 Å². The number of carbonyl (C=O) groups is 1. The minimum Gasteiger partial charge on any atom is -0.465 e. The summed E-state index contributed by atoms with van der Waals surface area (Å²) in [6, 6.07) is 4.93. The van der Waals surface area contributed by atoms with E-state index in [9.17, 15) is 4.79 Å². The maximum atomic E-state index is 11.2. The van der Waals surface area contributed by atoms with E-state index in [1.54, 1.807) is 6.07 Å². The second-order valence-corrected chi connectivity index (χ2v) is 3.68. The number of benzene rings is 1. The summed E-state index contributed by atoms with van der Waals surface area (Å²) in [4.78, 5) is 11.2. The Morgan fingerprint density at radius 3 is 2.79 bits per heavy atom. The van der Waals surface area contributed by atoms with Gasteiger partial charge in [0.15, 0.2) is 0 Å². The predicted molar refractivity (Wildman–Crippen MR) is 59.6 cm³/mol. The molecule has 0 heterocycles. The monoisotopic (exact) mass is 302 g/mol. The van der Waals surface area contributed by atoms with E-state index >= 15 is 0 Å². The lowest BCUT2D eigenvalue weighted by Gasteiger charge is -2.04. The van der Waals surface area contributed by atoms with Gasteiger partial charge in [-0.3, -0.25) is 0 Å². The highest BCUT2D eigenvalue weighted by Crippen LogP contribution is 2.20. The summed E-state index contributed by atoms with van der Waals surface area (Å²) < 4.78 is 5.27. The first-order valence-corrected chi connectivity index (χ1v) is 4.75. The van der Waals surface area contributed by atoms with E-state index in [1.807, 2.05) is 28.7 Å². The number of esters is 1. The second kappa shape index (κ2) is 4.28. The zero-order valence-electron chi connectivity index (χ0n) is 7.37. The van der Waals surface area contributed by atoms with Gasteiger partial charge in [-0.1, -0.05) is 0 Å². The maximum Gasteiger partial charge on any atom is 0.339 e. The quantitative estimate of drug-likeness (QED) is 0.485. The van der Waals surface area contributed by atoms with E-state index in [1.165, 1.54) is 13.2 Å². The lowest BCUT2D eigenvalue weighted by molar-refractivity contribution is 0.0600. The molecule has 1 rings (SSSR count). The predicted octanol–water partition coefficient (Wildman–Crippen LogP) is 1.53. The van der Waals surface area contributed by atoms with Crippen LogP contribution in [0.4, 0.5) is 5.69 Å². The van der Waals surface area contributed by atoms with Crippen LogP contribution in [0.3, 0.4) is 0 Å². The van der Waals surface area contributed by atoms with Gasteiger partial charge in [0.2, 0.25) is 0 Å². The fourth-order valence-corrected chi connectivity index (χ4v) is 1.43. The third-order valence-corrected chi connectivity index (χ3v) is 2.60. The third kappa shape index (κ3) is 1.96. The molecule has 14 heavy (non-hydrogen) atoms. The Hall–Kier alpha value is -1.29. The fraction of sp³-hybridized carbons (Fsp3) is 0.111. The number of nitrogens with zero attached hydrogens (tertiary/aromatic N) is 1. The average Bonchev–Trinajstić information content (AvgIpc) is 2.20. The van der Waals surface area contributed by atoms with Crippen LogP contribution in [-0.2, 0) is 4.74 Å². The lowest BCUT2D eigenvalue weighted by Crippen LogP contribution is -2.06. The highest BCUT2D eigenvalue weighted by atomic mass is 127. The number of rotatable bonds is 1. The van der Waals surface area contributed by atoms with E-state index in [-0.39, 0.29) is 11.1 Å². The molecule has 0 spiro atoms. The van der Waals surface area contributed by atoms with Crippen LogP contribution in [0.1, 0.15) is 15.9 Å². The van der Waals surface area contributed by atoms with Crippen molar-refractivity contribution in [3.8, 4) is 6.07 Å². The molecule has 0 saturated carbocycles. The van der Waals surface area contributed by atoms with E-state index in [2.05, 4.69) is 4.74 Å². The van der Waals surface area contributed by atoms with Gasteiger partial charge in [-0.15, -0.1) is 0 Å². The molecule has 0 amide bonds. The van der Waals surface area contributed by atoms with Gasteiger partial charge in [-0.05, 0) is 34.7 Å². The smallest absolute Gasteiger partial charge is 0.339 e. The molecule has 0 bridgehead atoms. The summed E-state index contributed by atoms with van der Waals surface area (Å²) >= 11 is 2.00. The van der Waals surface area contributed by atoms with Crippen LogP contribution in [0.15, 0.2) is 12.1 Å². The van der Waals surface area contributed by atoms with E-state index in [4.69, 9.17) is 11.0 Å². The summed E-state index contributed by atoms with van der Waals surface area (Å²) in [7, 11) is 1.26. The van der Waals surface area contributed by atoms with Crippen LogP contribution in [-0.4, -0.2) is 13.1 Å². The molecule has 0 aromatic heterocycles. The van der Waals surface area contributed by atoms with Crippen LogP contribution in [0, 0.1) is 14.9 Å². The van der Waals surface area contributed by atoms with Crippen molar-refractivity contribution in [2.24, 2.45) is 0 Å². The highest BCUT2D eigenvalue weighted by Gasteiger charge is 2.13. The van der Waals surface area contributed by atoms with E-state index in [0.717, 1.165) is 3.57 Å². The molecule has 0 saturated heterocycles. The van der Waals surface area contributed by atoms with E-state index < -0.39 is 5.97 Å². The summed E-state index contributed by atoms with van der Waals surface area (Å²) in [5.74, 6) is -0.551. The van der Waals surface area contributed by atoms with Gasteiger partial charge < -0.3 is 10.5 Å². The van der Waals surface area contributed by atoms with Gasteiger partial charge in [0, 0.05) is 9.26 Å². The summed E-state index contributed by atoms with van der Waals surface area (Å²) in [6.45, 7) is 0. The van der Waals surface area contributed by atoms with Gasteiger partial charge >= 0.3 is 5.97 Å². The van der Waals surface area contributed by atoms with E-state index in [0.29, 0.717) is 5.69 Å². The lowest BCUT2D eigenvalue weighted by atomic mass is 10.1. The Morgan fingerprint density at radius 1 is 1.64 bits per heavy atom. The van der Waals surface area contributed by atoms with Crippen molar-refractivity contribution in [2.75, 3.05) is 12.8 Å². The Labute approximate surface area is 94.8 Å². The van der Waals surface area contributed by atoms with Crippen molar-refractivity contribution in [3.05, 3.63) is 26.8 Å². The number of ether oxygens (including phenoxy) is 1. The Morgan fingerprint density at radius 2 is 2.29 bits per heavy atom. The molecule has 0 unspecified atom stereocenters. The fourth-order valence-electron chi connectivity index (χ4n) is 0.961. The number of anilines is 1. The molecule has 0 atom stereocenters. The second-order valence-electron chi connectivity index (χ2n) is 2.52. The van der Waals surface area contributed by atoms with Crippen molar-refractivity contribution in [3.63, 3.8) is 0 Å². The third-order valence-electron chi connectivity index (χ3n) is 1.66. The molecule has 1 aromatic carbocycles. The van der Waals surface area contributed by atoms with Crippen molar-refractivity contribution in [1.29, 1.82) is 5.26 Å². The summed E-state index contributed by atoms with van der Waals surface area (Å²) in [5.41, 5.74) is 6.55. The molecule has 0 aliphatic heterocycles. The van der Waals surface area contributed by atoms with Crippen molar-refractivity contribution in [1.82, 2.24) is 0 Å². The minimum atomic E-state index is -0.551. The zero-order chi connectivity index (χ0) is 10.7. The Kier molecular flexibility index (Phi) is 3.30. The Balaban J connectivity index is 3.36. The molecule has 2 N–H and O–H groups in total. The number of carbonyl (C=O) groups excluding carboxylic acids is 1. The number of nitriles is 1. The van der Waals surface area contributed by atoms with Gasteiger partial charge in [0.1, 0.15) is 6.07 Å². The summed E-state index contributed by atoms with van der Waals surface area (Å²) in [6.07, 6.45) is 0. The SMILES string of the molecule is COC(=O)c1cc(N)c(I)cc1C#N. The number of nitrogens with two attached hydrogens (primary N) is 1. The van der Waals surface area contributed by atoms with Gasteiger partial charge in [-0.2, -0.15) is 5.26 Å². The first kappa shape index (κ1) is 10.8. The molecule has 1 aromatic rings. The molecule has 0 radical (unpaired) electrons. The van der Waals surface area contributed by atoms with Crippen LogP contribution in [0.25, 0.3) is 0 Å². The molecule has 5 heteroatoms. The normalized spacial score (nSPS) is 9.21. The standard InChI is InChI=1S/C9H7IN2O2/c1-14-9(13)6-3-8(12)7(10)2-5(6)4-11/h2-3H,12H2,1H3. The average molecular weight is 302 g/mol. The first-order chi connectivity index (χ1) is 6.60. The van der Waals surface area contributed by atoms with Crippen LogP contribution >= 0.6 is 22.6 Å². The van der Waals surface area contributed by atoms with Crippen molar-refractivity contribution >= 4 is 34.2 Å². The minimum absolute atomic E-state index is 0.202. The van der Waals surface area contributed by atoms with Crippen molar-refractivity contribution < 1.29 is 9.53 Å². The Bertz CT molecular complexity index is 424. The van der Waals surface area contributed by atoms with Crippen LogP contribution in [0.2, 0.25) is 0 Å². The number of halogens is 1. The largest absolute Gasteiger partial charge is 0.465 e. The van der Waals surface area contributed by atoms with Crippen LogP contribution in [0.5, 0.6) is 0 Å². The number of hydrogen-bond acceptors (Lipinski definition) is 4. The molecular formula is C9H7IN2O2. The van der Waals surface area contributed by atoms with Gasteiger partial charge in [0.25, 0.3) is 0 Å². The molecule has 4 nitrogen and oxygen atoms in total. The molecule has 0 aliphatic rings. The zero-order valence-corrected chi connectivity index (χ0v) is 9.53. The van der Waals surface area contributed by atoms with Gasteiger partial charge in [0.05, 0.1) is 18.2 Å². The number of methoxy groups -OCH3 is 1. The first-order valence-electron chi connectivity index (χ1n) is 3.67. The van der Waals surface area contributed by atoms with Crippen LogP contribution < -0.4 is 5.73 Å².